The first-order valence-corrected chi connectivity index (χ1v) is 6.10. The monoisotopic (exact) mass is 252 g/mol. The van der Waals surface area contributed by atoms with E-state index in [2.05, 4.69) is 13.8 Å². The van der Waals surface area contributed by atoms with Crippen molar-refractivity contribution in [3.05, 3.63) is 35.4 Å². The normalized spacial score (nSPS) is 9.22. The van der Waals surface area contributed by atoms with Gasteiger partial charge in [-0.25, -0.2) is 9.59 Å². The molecule has 0 saturated carbocycles. The Morgan fingerprint density at radius 1 is 0.889 bits per heavy atom. The number of carbonyl (C=O) groups is 2. The summed E-state index contributed by atoms with van der Waals surface area (Å²) < 4.78 is 0. The van der Waals surface area contributed by atoms with Crippen LogP contribution in [0.4, 0.5) is 0 Å². The molecule has 0 spiro atoms. The Kier molecular flexibility index (Phi) is 8.27. The molecule has 4 nitrogen and oxygen atoms in total. The zero-order chi connectivity index (χ0) is 14.0. The Hall–Kier alpha value is -1.84. The van der Waals surface area contributed by atoms with Crippen molar-refractivity contribution < 1.29 is 19.8 Å². The summed E-state index contributed by atoms with van der Waals surface area (Å²) in [4.78, 5) is 20.9. The average Bonchev–Trinajstić information content (AvgIpc) is 2.37. The third kappa shape index (κ3) is 6.03. The van der Waals surface area contributed by atoms with Gasteiger partial charge in [-0.1, -0.05) is 51.7 Å². The van der Waals surface area contributed by atoms with Crippen molar-refractivity contribution in [1.82, 2.24) is 0 Å². The Morgan fingerprint density at radius 2 is 1.22 bits per heavy atom. The number of aromatic carboxylic acids is 2. The molecule has 0 radical (unpaired) electrons. The lowest BCUT2D eigenvalue weighted by Gasteiger charge is -1.98. The molecule has 1 aromatic rings. The Bertz CT molecular complexity index is 348. The number of rotatable bonds is 5. The van der Waals surface area contributed by atoms with Crippen LogP contribution in [0.2, 0.25) is 0 Å². The third-order valence-electron chi connectivity index (χ3n) is 2.34. The van der Waals surface area contributed by atoms with Crippen LogP contribution in [0.1, 0.15) is 60.2 Å². The predicted octanol–water partition coefficient (Wildman–Crippen LogP) is 3.67. The fourth-order valence-corrected chi connectivity index (χ4v) is 1.36. The van der Waals surface area contributed by atoms with Gasteiger partial charge < -0.3 is 10.2 Å². The van der Waals surface area contributed by atoms with Crippen molar-refractivity contribution in [1.29, 1.82) is 0 Å². The van der Waals surface area contributed by atoms with Gasteiger partial charge in [0.2, 0.25) is 0 Å². The summed E-state index contributed by atoms with van der Waals surface area (Å²) >= 11 is 0. The highest BCUT2D eigenvalue weighted by Crippen LogP contribution is 2.07. The molecular weight excluding hydrogens is 232 g/mol. The molecule has 0 heterocycles. The van der Waals surface area contributed by atoms with Gasteiger partial charge in [-0.2, -0.15) is 0 Å². The zero-order valence-electron chi connectivity index (χ0n) is 10.8. The summed E-state index contributed by atoms with van der Waals surface area (Å²) in [7, 11) is 0. The van der Waals surface area contributed by atoms with Crippen molar-refractivity contribution in [3.8, 4) is 0 Å². The van der Waals surface area contributed by atoms with E-state index in [0.717, 1.165) is 0 Å². The highest BCUT2D eigenvalue weighted by atomic mass is 16.4. The average molecular weight is 252 g/mol. The quantitative estimate of drug-likeness (QED) is 0.784. The summed E-state index contributed by atoms with van der Waals surface area (Å²) in [6.07, 6.45) is 5.54. The second-order valence-electron chi connectivity index (χ2n) is 3.86. The van der Waals surface area contributed by atoms with Gasteiger partial charge in [0, 0.05) is 0 Å². The van der Waals surface area contributed by atoms with E-state index in [0.29, 0.717) is 0 Å². The van der Waals surface area contributed by atoms with Crippen molar-refractivity contribution in [3.63, 3.8) is 0 Å². The first kappa shape index (κ1) is 16.2. The van der Waals surface area contributed by atoms with Crippen LogP contribution in [-0.2, 0) is 0 Å². The lowest BCUT2D eigenvalue weighted by Crippen LogP contribution is -2.06. The van der Waals surface area contributed by atoms with Crippen LogP contribution in [0.3, 0.4) is 0 Å². The van der Waals surface area contributed by atoms with Crippen molar-refractivity contribution >= 4 is 11.9 Å². The van der Waals surface area contributed by atoms with Gasteiger partial charge >= 0.3 is 11.9 Å². The molecule has 18 heavy (non-hydrogen) atoms. The highest BCUT2D eigenvalue weighted by Gasteiger charge is 2.13. The highest BCUT2D eigenvalue weighted by molar-refractivity contribution is 6.01. The molecule has 0 fully saturated rings. The molecule has 0 aromatic heterocycles. The Balaban J connectivity index is 0.000000411. The van der Waals surface area contributed by atoms with Crippen molar-refractivity contribution in [2.45, 2.75) is 39.5 Å². The minimum Gasteiger partial charge on any atom is -0.478 e. The summed E-state index contributed by atoms with van der Waals surface area (Å²) in [5, 5.41) is 17.1. The third-order valence-corrected chi connectivity index (χ3v) is 2.34. The predicted molar refractivity (Wildman–Crippen MR) is 70.2 cm³/mol. The molecule has 2 N–H and O–H groups in total. The van der Waals surface area contributed by atoms with E-state index in [1.165, 1.54) is 49.9 Å². The lowest BCUT2D eigenvalue weighted by atomic mass is 10.1. The second-order valence-corrected chi connectivity index (χ2v) is 3.86. The van der Waals surface area contributed by atoms with E-state index in [4.69, 9.17) is 10.2 Å². The molecule has 0 aliphatic carbocycles. The lowest BCUT2D eigenvalue weighted by molar-refractivity contribution is 0.0651. The van der Waals surface area contributed by atoms with E-state index in [9.17, 15) is 9.59 Å². The molecule has 100 valence electrons. The molecule has 0 unspecified atom stereocenters. The number of hydrogen-bond donors (Lipinski definition) is 2. The standard InChI is InChI=1S/C8H6O4.C6H14/c9-7(10)5-3-1-2-4-6(5)8(11)12;1-3-5-6-4-2/h1-4H,(H,9,10)(H,11,12);3-6H2,1-2H3. The van der Waals surface area contributed by atoms with Gasteiger partial charge in [-0.3, -0.25) is 0 Å². The minimum atomic E-state index is -1.23. The summed E-state index contributed by atoms with van der Waals surface area (Å²) in [5.41, 5.74) is -0.380. The number of hydrogen-bond acceptors (Lipinski definition) is 2. The maximum Gasteiger partial charge on any atom is 0.336 e. The van der Waals surface area contributed by atoms with Crippen LogP contribution in [0.15, 0.2) is 24.3 Å². The van der Waals surface area contributed by atoms with Gasteiger partial charge in [0.15, 0.2) is 0 Å². The van der Waals surface area contributed by atoms with Crippen LogP contribution < -0.4 is 0 Å². The largest absolute Gasteiger partial charge is 0.478 e. The van der Waals surface area contributed by atoms with Crippen LogP contribution >= 0.6 is 0 Å². The van der Waals surface area contributed by atoms with Crippen LogP contribution in [0.5, 0.6) is 0 Å². The molecule has 0 aliphatic rings. The molecule has 0 aliphatic heterocycles. The molecule has 0 amide bonds. The smallest absolute Gasteiger partial charge is 0.336 e. The maximum absolute atomic E-state index is 10.5. The van der Waals surface area contributed by atoms with Gasteiger partial charge in [-0.05, 0) is 12.1 Å². The van der Waals surface area contributed by atoms with E-state index < -0.39 is 11.9 Å². The molecule has 0 bridgehead atoms. The fourth-order valence-electron chi connectivity index (χ4n) is 1.36. The Morgan fingerprint density at radius 3 is 1.44 bits per heavy atom. The summed E-state index contributed by atoms with van der Waals surface area (Å²) in [6.45, 7) is 4.46. The van der Waals surface area contributed by atoms with E-state index in [1.807, 2.05) is 0 Å². The molecule has 0 atom stereocenters. The van der Waals surface area contributed by atoms with Gasteiger partial charge in [-0.15, -0.1) is 0 Å². The van der Waals surface area contributed by atoms with E-state index >= 15 is 0 Å². The zero-order valence-corrected chi connectivity index (χ0v) is 10.8. The fraction of sp³-hybridized carbons (Fsp3) is 0.429. The SMILES string of the molecule is CCCCCC.O=C(O)c1ccccc1C(=O)O. The second kappa shape index (κ2) is 9.22. The molecule has 1 aromatic carbocycles. The summed E-state index contributed by atoms with van der Waals surface area (Å²) in [5.74, 6) is -2.46. The van der Waals surface area contributed by atoms with Crippen LogP contribution in [0.25, 0.3) is 0 Å². The van der Waals surface area contributed by atoms with Crippen LogP contribution in [-0.4, -0.2) is 22.2 Å². The number of benzene rings is 1. The van der Waals surface area contributed by atoms with Crippen LogP contribution in [0, 0.1) is 0 Å². The molecule has 1 rings (SSSR count). The molecule has 4 heteroatoms. The van der Waals surface area contributed by atoms with Gasteiger partial charge in [0.05, 0.1) is 11.1 Å². The topological polar surface area (TPSA) is 74.6 Å². The van der Waals surface area contributed by atoms with Crippen molar-refractivity contribution in [2.75, 3.05) is 0 Å². The Labute approximate surface area is 107 Å². The van der Waals surface area contributed by atoms with E-state index in [1.54, 1.807) is 0 Å². The number of carboxylic acid groups (broad SMARTS) is 2. The molecular formula is C14H20O4. The first-order valence-electron chi connectivity index (χ1n) is 6.10. The first-order chi connectivity index (χ1) is 8.54. The van der Waals surface area contributed by atoms with E-state index in [-0.39, 0.29) is 11.1 Å². The molecule has 0 saturated heterocycles. The number of unbranched alkanes of at least 4 members (excludes halogenated alkanes) is 3. The van der Waals surface area contributed by atoms with Gasteiger partial charge in [0.25, 0.3) is 0 Å². The minimum absolute atomic E-state index is 0.190. The summed E-state index contributed by atoms with van der Waals surface area (Å²) in [6, 6.07) is 5.48. The maximum atomic E-state index is 10.5. The van der Waals surface area contributed by atoms with Gasteiger partial charge in [0.1, 0.15) is 0 Å². The number of carboxylic acids is 2. The van der Waals surface area contributed by atoms with Crippen molar-refractivity contribution in [2.24, 2.45) is 0 Å².